The number of nitrogens with zero attached hydrogens (tertiary/aromatic N) is 3. The number of aromatic nitrogens is 3. The highest BCUT2D eigenvalue weighted by Gasteiger charge is 2.14. The number of rotatable bonds is 4. The van der Waals surface area contributed by atoms with Crippen molar-refractivity contribution in [2.75, 3.05) is 0 Å². The van der Waals surface area contributed by atoms with Crippen LogP contribution in [0, 0.1) is 20.8 Å². The summed E-state index contributed by atoms with van der Waals surface area (Å²) in [5, 5.41) is 9.10. The van der Waals surface area contributed by atoms with Crippen LogP contribution in [-0.4, -0.2) is 25.2 Å². The molecule has 2 aromatic rings. The first-order chi connectivity index (χ1) is 10.3. The molecule has 2 aromatic heterocycles. The predicted octanol–water partition coefficient (Wildman–Crippen LogP) is 0.729. The van der Waals surface area contributed by atoms with Gasteiger partial charge in [-0.25, -0.2) is 9.59 Å². The van der Waals surface area contributed by atoms with Crippen molar-refractivity contribution >= 4 is 5.97 Å². The standard InChI is InChI=1S/C15H17N3O4/c1-9-4-5-17(13(19)12(9)14(20)21)6-7-18-11(3)8-10(2)16-15(18)22/h4-5,8H,6-7H2,1-3H3,(H,20,21). The number of carboxylic acid groups (broad SMARTS) is 1. The number of hydrogen-bond donors (Lipinski definition) is 1. The second-order valence-corrected chi connectivity index (χ2v) is 5.15. The number of hydrogen-bond acceptors (Lipinski definition) is 4. The highest BCUT2D eigenvalue weighted by molar-refractivity contribution is 5.88. The van der Waals surface area contributed by atoms with Crippen molar-refractivity contribution in [3.05, 3.63) is 61.7 Å². The lowest BCUT2D eigenvalue weighted by molar-refractivity contribution is 0.0693. The Morgan fingerprint density at radius 3 is 2.50 bits per heavy atom. The Morgan fingerprint density at radius 1 is 1.23 bits per heavy atom. The van der Waals surface area contributed by atoms with Gasteiger partial charge < -0.3 is 9.67 Å². The van der Waals surface area contributed by atoms with Crippen LogP contribution in [0.5, 0.6) is 0 Å². The third kappa shape index (κ3) is 2.98. The van der Waals surface area contributed by atoms with E-state index in [0.717, 1.165) is 5.69 Å². The monoisotopic (exact) mass is 303 g/mol. The summed E-state index contributed by atoms with van der Waals surface area (Å²) in [5.41, 5.74) is 0.609. The number of carboxylic acids is 1. The Hall–Kier alpha value is -2.70. The van der Waals surface area contributed by atoms with Crippen molar-refractivity contribution < 1.29 is 9.90 Å². The van der Waals surface area contributed by atoms with E-state index in [2.05, 4.69) is 4.98 Å². The summed E-state index contributed by atoms with van der Waals surface area (Å²) in [6, 6.07) is 3.36. The maximum absolute atomic E-state index is 12.2. The van der Waals surface area contributed by atoms with Gasteiger partial charge in [-0.15, -0.1) is 0 Å². The normalized spacial score (nSPS) is 10.7. The van der Waals surface area contributed by atoms with Crippen LogP contribution in [0.25, 0.3) is 0 Å². The molecule has 0 radical (unpaired) electrons. The Balaban J connectivity index is 2.34. The van der Waals surface area contributed by atoms with Gasteiger partial charge in [-0.1, -0.05) is 0 Å². The van der Waals surface area contributed by atoms with Crippen molar-refractivity contribution in [2.45, 2.75) is 33.9 Å². The molecule has 0 spiro atoms. The van der Waals surface area contributed by atoms with Gasteiger partial charge >= 0.3 is 11.7 Å². The molecule has 116 valence electrons. The lowest BCUT2D eigenvalue weighted by Crippen LogP contribution is -2.32. The molecule has 0 aliphatic heterocycles. The number of pyridine rings is 1. The Morgan fingerprint density at radius 2 is 1.91 bits per heavy atom. The lowest BCUT2D eigenvalue weighted by Gasteiger charge is -2.12. The van der Waals surface area contributed by atoms with Gasteiger partial charge in [0.1, 0.15) is 5.56 Å². The summed E-state index contributed by atoms with van der Waals surface area (Å²) in [6.07, 6.45) is 1.53. The van der Waals surface area contributed by atoms with Crippen LogP contribution in [0.4, 0.5) is 0 Å². The number of aromatic carboxylic acids is 1. The molecule has 0 atom stereocenters. The van der Waals surface area contributed by atoms with Crippen molar-refractivity contribution in [3.63, 3.8) is 0 Å². The Labute approximate surface area is 126 Å². The Bertz CT molecular complexity index is 849. The van der Waals surface area contributed by atoms with Gasteiger partial charge in [0.2, 0.25) is 0 Å². The maximum atomic E-state index is 12.2. The first-order valence-electron chi connectivity index (χ1n) is 6.79. The predicted molar refractivity (Wildman–Crippen MR) is 80.4 cm³/mol. The molecular formula is C15H17N3O4. The third-order valence-corrected chi connectivity index (χ3v) is 3.50. The number of aryl methyl sites for hydroxylation is 4. The molecule has 0 bridgehead atoms. The molecule has 2 rings (SSSR count). The molecule has 22 heavy (non-hydrogen) atoms. The molecule has 7 heteroatoms. The molecule has 0 amide bonds. The number of carbonyl (C=O) groups is 1. The van der Waals surface area contributed by atoms with Crippen LogP contribution >= 0.6 is 0 Å². The van der Waals surface area contributed by atoms with Gasteiger partial charge in [-0.2, -0.15) is 4.98 Å². The summed E-state index contributed by atoms with van der Waals surface area (Å²) in [7, 11) is 0. The molecular weight excluding hydrogens is 286 g/mol. The van der Waals surface area contributed by atoms with E-state index in [1.165, 1.54) is 15.3 Å². The minimum Gasteiger partial charge on any atom is -0.477 e. The molecule has 0 saturated carbocycles. The van der Waals surface area contributed by atoms with E-state index in [1.54, 1.807) is 32.9 Å². The van der Waals surface area contributed by atoms with E-state index in [4.69, 9.17) is 5.11 Å². The van der Waals surface area contributed by atoms with E-state index in [9.17, 15) is 14.4 Å². The van der Waals surface area contributed by atoms with Gasteiger partial charge in [0.05, 0.1) is 0 Å². The van der Waals surface area contributed by atoms with Crippen LogP contribution in [0.1, 0.15) is 27.3 Å². The van der Waals surface area contributed by atoms with E-state index >= 15 is 0 Å². The highest BCUT2D eigenvalue weighted by Crippen LogP contribution is 2.03. The lowest BCUT2D eigenvalue weighted by atomic mass is 10.1. The zero-order valence-corrected chi connectivity index (χ0v) is 12.7. The fourth-order valence-electron chi connectivity index (χ4n) is 2.36. The smallest absolute Gasteiger partial charge is 0.348 e. The molecule has 7 nitrogen and oxygen atoms in total. The summed E-state index contributed by atoms with van der Waals surface area (Å²) < 4.78 is 2.75. The van der Waals surface area contributed by atoms with Crippen molar-refractivity contribution in [2.24, 2.45) is 0 Å². The zero-order chi connectivity index (χ0) is 16.4. The highest BCUT2D eigenvalue weighted by atomic mass is 16.4. The summed E-state index contributed by atoms with van der Waals surface area (Å²) >= 11 is 0. The zero-order valence-electron chi connectivity index (χ0n) is 12.7. The molecule has 1 N–H and O–H groups in total. The molecule has 0 saturated heterocycles. The van der Waals surface area contributed by atoms with Crippen LogP contribution in [0.3, 0.4) is 0 Å². The summed E-state index contributed by atoms with van der Waals surface area (Å²) in [4.78, 5) is 39.0. The second-order valence-electron chi connectivity index (χ2n) is 5.15. The molecule has 2 heterocycles. The Kier molecular flexibility index (Phi) is 4.25. The van der Waals surface area contributed by atoms with Gasteiger partial charge in [0.25, 0.3) is 5.56 Å². The molecule has 0 aliphatic rings. The fraction of sp³-hybridized carbons (Fsp3) is 0.333. The van der Waals surface area contributed by atoms with E-state index in [-0.39, 0.29) is 24.3 Å². The van der Waals surface area contributed by atoms with Crippen LogP contribution in [0.15, 0.2) is 27.9 Å². The summed E-state index contributed by atoms with van der Waals surface area (Å²) in [5.74, 6) is -1.25. The van der Waals surface area contributed by atoms with Gasteiger partial charge in [-0.05, 0) is 38.5 Å². The van der Waals surface area contributed by atoms with E-state index < -0.39 is 11.5 Å². The summed E-state index contributed by atoms with van der Waals surface area (Å²) in [6.45, 7) is 5.55. The minimum atomic E-state index is -1.25. The average Bonchev–Trinajstić information content (AvgIpc) is 2.39. The first kappa shape index (κ1) is 15.7. The molecule has 0 unspecified atom stereocenters. The van der Waals surface area contributed by atoms with Crippen LogP contribution in [0.2, 0.25) is 0 Å². The second kappa shape index (κ2) is 5.97. The van der Waals surface area contributed by atoms with E-state index in [1.807, 2.05) is 0 Å². The molecule has 0 fully saturated rings. The third-order valence-electron chi connectivity index (χ3n) is 3.50. The fourth-order valence-corrected chi connectivity index (χ4v) is 2.36. The van der Waals surface area contributed by atoms with Crippen molar-refractivity contribution in [1.29, 1.82) is 0 Å². The van der Waals surface area contributed by atoms with Gasteiger partial charge in [0, 0.05) is 30.7 Å². The van der Waals surface area contributed by atoms with Gasteiger partial charge in [-0.3, -0.25) is 9.36 Å². The molecule has 0 aromatic carbocycles. The van der Waals surface area contributed by atoms with Gasteiger partial charge in [0.15, 0.2) is 0 Å². The quantitative estimate of drug-likeness (QED) is 0.898. The average molecular weight is 303 g/mol. The van der Waals surface area contributed by atoms with Crippen LogP contribution < -0.4 is 11.2 Å². The van der Waals surface area contributed by atoms with Crippen molar-refractivity contribution in [3.8, 4) is 0 Å². The molecule has 0 aliphatic carbocycles. The van der Waals surface area contributed by atoms with Crippen molar-refractivity contribution in [1.82, 2.24) is 14.1 Å². The maximum Gasteiger partial charge on any atom is 0.348 e. The topological polar surface area (TPSA) is 94.2 Å². The first-order valence-corrected chi connectivity index (χ1v) is 6.79. The SMILES string of the molecule is Cc1cc(C)n(CCn2ccc(C)c(C(=O)O)c2=O)c(=O)n1. The van der Waals surface area contributed by atoms with E-state index in [0.29, 0.717) is 11.3 Å². The minimum absolute atomic E-state index is 0.199. The van der Waals surface area contributed by atoms with Crippen LogP contribution in [-0.2, 0) is 13.1 Å². The largest absolute Gasteiger partial charge is 0.477 e.